The fourth-order valence-electron chi connectivity index (χ4n) is 2.90. The smallest absolute Gasteiger partial charge is 0.0916 e. The normalized spacial score (nSPS) is 17.3. The molecular weight excluding hydrogens is 376 g/mol. The van der Waals surface area contributed by atoms with E-state index in [4.69, 9.17) is 11.6 Å². The van der Waals surface area contributed by atoms with Crippen LogP contribution in [-0.2, 0) is 0 Å². The minimum absolute atomic E-state index is 0.444. The number of β-amino-alcohol motifs (C(OH)–C–C–N with tert-alkyl or cyclic N) is 1. The van der Waals surface area contributed by atoms with Crippen LogP contribution >= 0.6 is 27.5 Å². The zero-order valence-electron chi connectivity index (χ0n) is 12.8. The zero-order chi connectivity index (χ0) is 16.2. The molecule has 2 aromatic rings. The van der Waals surface area contributed by atoms with Crippen LogP contribution in [0.5, 0.6) is 0 Å². The molecule has 1 heterocycles. The largest absolute Gasteiger partial charge is 0.387 e. The van der Waals surface area contributed by atoms with Gasteiger partial charge in [0.05, 0.1) is 6.10 Å². The van der Waals surface area contributed by atoms with Crippen LogP contribution in [0.25, 0.3) is 0 Å². The molecule has 1 N–H and O–H groups in total. The average molecular weight is 396 g/mol. The Kier molecular flexibility index (Phi) is 5.59. The maximum Gasteiger partial charge on any atom is 0.0916 e. The summed E-state index contributed by atoms with van der Waals surface area (Å²) in [6, 6.07) is 15.9. The second-order valence-electron chi connectivity index (χ2n) is 5.83. The van der Waals surface area contributed by atoms with E-state index in [-0.39, 0.29) is 0 Å². The van der Waals surface area contributed by atoms with Crippen molar-refractivity contribution in [2.45, 2.75) is 6.10 Å². The molecule has 2 aromatic carbocycles. The van der Waals surface area contributed by atoms with Crippen molar-refractivity contribution in [2.75, 3.05) is 37.6 Å². The van der Waals surface area contributed by atoms with Gasteiger partial charge in [-0.2, -0.15) is 0 Å². The minimum Gasteiger partial charge on any atom is -0.387 e. The molecule has 0 aliphatic carbocycles. The molecule has 1 aliphatic heterocycles. The fraction of sp³-hybridized carbons (Fsp3) is 0.333. The Morgan fingerprint density at radius 2 is 1.74 bits per heavy atom. The highest BCUT2D eigenvalue weighted by Gasteiger charge is 2.20. The van der Waals surface area contributed by atoms with E-state index in [1.165, 1.54) is 5.69 Å². The molecule has 1 aliphatic rings. The van der Waals surface area contributed by atoms with Crippen LogP contribution in [0.3, 0.4) is 0 Å². The van der Waals surface area contributed by atoms with Gasteiger partial charge in [-0.3, -0.25) is 4.90 Å². The number of aliphatic hydroxyl groups is 1. The first kappa shape index (κ1) is 16.8. The Morgan fingerprint density at radius 3 is 2.39 bits per heavy atom. The molecule has 0 radical (unpaired) electrons. The highest BCUT2D eigenvalue weighted by molar-refractivity contribution is 9.10. The van der Waals surface area contributed by atoms with Gasteiger partial charge in [0.2, 0.25) is 0 Å². The van der Waals surface area contributed by atoms with E-state index in [1.807, 2.05) is 42.5 Å². The van der Waals surface area contributed by atoms with Gasteiger partial charge in [-0.05, 0) is 35.9 Å². The van der Waals surface area contributed by atoms with Gasteiger partial charge in [-0.1, -0.05) is 45.7 Å². The van der Waals surface area contributed by atoms with E-state index < -0.39 is 6.10 Å². The van der Waals surface area contributed by atoms with E-state index in [0.29, 0.717) is 6.54 Å². The van der Waals surface area contributed by atoms with Crippen molar-refractivity contribution in [3.05, 3.63) is 63.6 Å². The molecule has 0 spiro atoms. The second kappa shape index (κ2) is 7.67. The first-order valence-electron chi connectivity index (χ1n) is 7.78. The predicted octanol–water partition coefficient (Wildman–Crippen LogP) is 3.96. The van der Waals surface area contributed by atoms with E-state index >= 15 is 0 Å². The summed E-state index contributed by atoms with van der Waals surface area (Å²) < 4.78 is 1.03. The van der Waals surface area contributed by atoms with Gasteiger partial charge in [0.1, 0.15) is 0 Å². The Labute approximate surface area is 150 Å². The third-order valence-electron chi connectivity index (χ3n) is 4.23. The Balaban J connectivity index is 1.54. The van der Waals surface area contributed by atoms with Crippen molar-refractivity contribution in [1.29, 1.82) is 0 Å². The van der Waals surface area contributed by atoms with Gasteiger partial charge in [-0.15, -0.1) is 0 Å². The first-order valence-corrected chi connectivity index (χ1v) is 8.95. The van der Waals surface area contributed by atoms with Crippen molar-refractivity contribution in [3.63, 3.8) is 0 Å². The van der Waals surface area contributed by atoms with E-state index in [2.05, 4.69) is 31.8 Å². The van der Waals surface area contributed by atoms with Crippen LogP contribution in [-0.4, -0.2) is 42.7 Å². The highest BCUT2D eigenvalue weighted by Crippen LogP contribution is 2.22. The van der Waals surface area contributed by atoms with Crippen LogP contribution in [0.2, 0.25) is 5.02 Å². The number of hydrogen-bond donors (Lipinski definition) is 1. The van der Waals surface area contributed by atoms with Gasteiger partial charge < -0.3 is 10.0 Å². The van der Waals surface area contributed by atoms with Gasteiger partial charge in [0.25, 0.3) is 0 Å². The molecule has 1 unspecified atom stereocenters. The lowest BCUT2D eigenvalue weighted by atomic mass is 10.1. The third-order valence-corrected chi connectivity index (χ3v) is 5.00. The number of aliphatic hydroxyl groups excluding tert-OH is 1. The number of nitrogens with zero attached hydrogens (tertiary/aromatic N) is 2. The average Bonchev–Trinajstić information content (AvgIpc) is 2.56. The third kappa shape index (κ3) is 4.48. The van der Waals surface area contributed by atoms with Crippen LogP contribution in [0.1, 0.15) is 11.7 Å². The summed E-state index contributed by atoms with van der Waals surface area (Å²) in [5, 5.41) is 11.2. The van der Waals surface area contributed by atoms with Gasteiger partial charge in [-0.25, -0.2) is 0 Å². The maximum absolute atomic E-state index is 10.4. The number of rotatable bonds is 4. The predicted molar refractivity (Wildman–Crippen MR) is 99.2 cm³/mol. The van der Waals surface area contributed by atoms with Crippen LogP contribution < -0.4 is 4.90 Å². The summed E-state index contributed by atoms with van der Waals surface area (Å²) in [6.07, 6.45) is -0.444. The van der Waals surface area contributed by atoms with Crippen molar-refractivity contribution >= 4 is 33.2 Å². The molecule has 122 valence electrons. The summed E-state index contributed by atoms with van der Waals surface area (Å²) in [5.74, 6) is 0. The van der Waals surface area contributed by atoms with E-state index in [0.717, 1.165) is 41.2 Å². The molecule has 5 heteroatoms. The second-order valence-corrected chi connectivity index (χ2v) is 7.19. The lowest BCUT2D eigenvalue weighted by molar-refractivity contribution is 0.109. The van der Waals surface area contributed by atoms with E-state index in [1.54, 1.807) is 0 Å². The number of hydrogen-bond acceptors (Lipinski definition) is 3. The summed E-state index contributed by atoms with van der Waals surface area (Å²) in [4.78, 5) is 4.65. The van der Waals surface area contributed by atoms with Crippen LogP contribution in [0.4, 0.5) is 5.69 Å². The fourth-order valence-corrected chi connectivity index (χ4v) is 3.35. The van der Waals surface area contributed by atoms with Crippen LogP contribution in [0, 0.1) is 0 Å². The van der Waals surface area contributed by atoms with Crippen molar-refractivity contribution in [2.24, 2.45) is 0 Å². The van der Waals surface area contributed by atoms with Gasteiger partial charge >= 0.3 is 0 Å². The van der Waals surface area contributed by atoms with Crippen molar-refractivity contribution in [3.8, 4) is 0 Å². The Hall–Kier alpha value is -1.07. The molecular formula is C18H20BrClN2O. The van der Waals surface area contributed by atoms with Gasteiger partial charge in [0.15, 0.2) is 0 Å². The van der Waals surface area contributed by atoms with Gasteiger partial charge in [0, 0.05) is 47.9 Å². The number of halogens is 2. The topological polar surface area (TPSA) is 26.7 Å². The molecule has 3 rings (SSSR count). The maximum atomic E-state index is 10.4. The van der Waals surface area contributed by atoms with Crippen molar-refractivity contribution in [1.82, 2.24) is 4.90 Å². The number of piperazine rings is 1. The first-order chi connectivity index (χ1) is 11.1. The lowest BCUT2D eigenvalue weighted by Crippen LogP contribution is -2.47. The molecule has 0 amide bonds. The molecule has 3 nitrogen and oxygen atoms in total. The molecule has 0 saturated carbocycles. The summed E-state index contributed by atoms with van der Waals surface area (Å²) >= 11 is 9.49. The molecule has 1 saturated heterocycles. The quantitative estimate of drug-likeness (QED) is 0.849. The molecule has 0 aromatic heterocycles. The zero-order valence-corrected chi connectivity index (χ0v) is 15.2. The molecule has 1 atom stereocenters. The highest BCUT2D eigenvalue weighted by atomic mass is 79.9. The molecule has 0 bridgehead atoms. The summed E-state index contributed by atoms with van der Waals surface area (Å²) in [6.45, 7) is 4.46. The monoisotopic (exact) mass is 394 g/mol. The number of benzene rings is 2. The Morgan fingerprint density at radius 1 is 1.04 bits per heavy atom. The summed E-state index contributed by atoms with van der Waals surface area (Å²) in [7, 11) is 0. The Bertz CT molecular complexity index is 642. The minimum atomic E-state index is -0.444. The van der Waals surface area contributed by atoms with Crippen LogP contribution in [0.15, 0.2) is 53.0 Å². The molecule has 1 fully saturated rings. The molecule has 23 heavy (non-hydrogen) atoms. The van der Waals surface area contributed by atoms with Crippen molar-refractivity contribution < 1.29 is 5.11 Å². The number of anilines is 1. The SMILES string of the molecule is OC(CN1CCN(c2cccc(Cl)c2)CC1)c1ccc(Br)cc1. The standard InChI is InChI=1S/C18H20BrClN2O/c19-15-6-4-14(5-7-15)18(23)13-21-8-10-22(11-9-21)17-3-1-2-16(20)12-17/h1-7,12,18,23H,8-11,13H2. The lowest BCUT2D eigenvalue weighted by Gasteiger charge is -2.37. The van der Waals surface area contributed by atoms with E-state index in [9.17, 15) is 5.11 Å². The summed E-state index contributed by atoms with van der Waals surface area (Å²) in [5.41, 5.74) is 2.14.